The van der Waals surface area contributed by atoms with Gasteiger partial charge in [-0.2, -0.15) is 0 Å². The standard InChI is InChI=1S/C20H20O5/c1-22-13-16-11-14(4-7-18(16)23-2)3-6-17(21)15-5-8-19-20(12-15)25-10-9-24-19/h3-8,11-12H,9-10,13H2,1-2H3/b6-3+. The Kier molecular flexibility index (Phi) is 5.36. The molecule has 1 aliphatic rings. The Labute approximate surface area is 146 Å². The number of ether oxygens (including phenoxy) is 4. The number of allylic oxidation sites excluding steroid dienone is 1. The fraction of sp³-hybridized carbons (Fsp3) is 0.250. The van der Waals surface area contributed by atoms with Crippen molar-refractivity contribution < 1.29 is 23.7 Å². The molecule has 0 radical (unpaired) electrons. The second-order valence-electron chi connectivity index (χ2n) is 5.56. The zero-order valence-electron chi connectivity index (χ0n) is 14.3. The van der Waals surface area contributed by atoms with Gasteiger partial charge in [0.1, 0.15) is 19.0 Å². The molecule has 0 spiro atoms. The molecule has 0 atom stereocenters. The predicted molar refractivity (Wildman–Crippen MR) is 94.5 cm³/mol. The zero-order valence-corrected chi connectivity index (χ0v) is 14.3. The molecule has 5 nitrogen and oxygen atoms in total. The van der Waals surface area contributed by atoms with Crippen LogP contribution in [0.1, 0.15) is 21.5 Å². The maximum atomic E-state index is 12.4. The lowest BCUT2D eigenvalue weighted by atomic mass is 10.1. The van der Waals surface area contributed by atoms with Crippen molar-refractivity contribution in [3.05, 3.63) is 59.2 Å². The molecule has 2 aromatic carbocycles. The number of benzene rings is 2. The third kappa shape index (κ3) is 4.00. The Morgan fingerprint density at radius 1 is 1.08 bits per heavy atom. The van der Waals surface area contributed by atoms with Gasteiger partial charge in [-0.1, -0.05) is 12.1 Å². The number of methoxy groups -OCH3 is 2. The first-order chi connectivity index (χ1) is 12.2. The van der Waals surface area contributed by atoms with E-state index < -0.39 is 0 Å². The van der Waals surface area contributed by atoms with Crippen LogP contribution >= 0.6 is 0 Å². The Morgan fingerprint density at radius 2 is 1.88 bits per heavy atom. The van der Waals surface area contributed by atoms with Crippen LogP contribution in [0.3, 0.4) is 0 Å². The molecule has 0 N–H and O–H groups in total. The van der Waals surface area contributed by atoms with Crippen LogP contribution in [-0.4, -0.2) is 33.2 Å². The molecule has 0 fully saturated rings. The normalized spacial score (nSPS) is 13.0. The van der Waals surface area contributed by atoms with E-state index >= 15 is 0 Å². The van der Waals surface area contributed by atoms with E-state index in [4.69, 9.17) is 18.9 Å². The first-order valence-electron chi connectivity index (χ1n) is 7.99. The molecule has 130 valence electrons. The number of hydrogen-bond donors (Lipinski definition) is 0. The second-order valence-corrected chi connectivity index (χ2v) is 5.56. The number of rotatable bonds is 6. The van der Waals surface area contributed by atoms with Crippen molar-refractivity contribution in [2.45, 2.75) is 6.61 Å². The van der Waals surface area contributed by atoms with Gasteiger partial charge in [0.25, 0.3) is 0 Å². The molecule has 2 aromatic rings. The smallest absolute Gasteiger partial charge is 0.185 e. The van der Waals surface area contributed by atoms with Crippen molar-refractivity contribution >= 4 is 11.9 Å². The van der Waals surface area contributed by atoms with E-state index in [1.54, 1.807) is 44.6 Å². The number of ketones is 1. The molecule has 1 aliphatic heterocycles. The Morgan fingerprint density at radius 3 is 2.64 bits per heavy atom. The molecule has 0 saturated heterocycles. The monoisotopic (exact) mass is 340 g/mol. The molecule has 0 unspecified atom stereocenters. The minimum absolute atomic E-state index is 0.0962. The van der Waals surface area contributed by atoms with Gasteiger partial charge in [-0.05, 0) is 42.0 Å². The first kappa shape index (κ1) is 17.0. The van der Waals surface area contributed by atoms with Gasteiger partial charge in [0.05, 0.1) is 13.7 Å². The molecular weight excluding hydrogens is 320 g/mol. The van der Waals surface area contributed by atoms with Gasteiger partial charge in [-0.3, -0.25) is 4.79 Å². The summed E-state index contributed by atoms with van der Waals surface area (Å²) in [5.74, 6) is 1.95. The van der Waals surface area contributed by atoms with Gasteiger partial charge in [0.15, 0.2) is 17.3 Å². The fourth-order valence-corrected chi connectivity index (χ4v) is 2.64. The first-order valence-corrected chi connectivity index (χ1v) is 7.99. The van der Waals surface area contributed by atoms with Crippen LogP contribution in [0.5, 0.6) is 17.2 Å². The van der Waals surface area contributed by atoms with Gasteiger partial charge >= 0.3 is 0 Å². The van der Waals surface area contributed by atoms with E-state index in [1.807, 2.05) is 18.2 Å². The van der Waals surface area contributed by atoms with Crippen LogP contribution in [0.2, 0.25) is 0 Å². The van der Waals surface area contributed by atoms with Crippen molar-refractivity contribution in [1.29, 1.82) is 0 Å². The fourth-order valence-electron chi connectivity index (χ4n) is 2.64. The lowest BCUT2D eigenvalue weighted by Gasteiger charge is -2.18. The Balaban J connectivity index is 1.77. The van der Waals surface area contributed by atoms with Crippen molar-refractivity contribution in [1.82, 2.24) is 0 Å². The van der Waals surface area contributed by atoms with Gasteiger partial charge in [0.2, 0.25) is 0 Å². The van der Waals surface area contributed by atoms with Gasteiger partial charge < -0.3 is 18.9 Å². The van der Waals surface area contributed by atoms with Gasteiger partial charge in [-0.25, -0.2) is 0 Å². The van der Waals surface area contributed by atoms with Crippen LogP contribution in [-0.2, 0) is 11.3 Å². The number of carbonyl (C=O) groups excluding carboxylic acids is 1. The average molecular weight is 340 g/mol. The molecule has 0 saturated carbocycles. The van der Waals surface area contributed by atoms with Crippen LogP contribution < -0.4 is 14.2 Å². The van der Waals surface area contributed by atoms with Gasteiger partial charge in [-0.15, -0.1) is 0 Å². The zero-order chi connectivity index (χ0) is 17.6. The van der Waals surface area contributed by atoms with Crippen molar-refractivity contribution in [3.63, 3.8) is 0 Å². The molecular formula is C20H20O5. The topological polar surface area (TPSA) is 54.0 Å². The van der Waals surface area contributed by atoms with E-state index in [0.717, 1.165) is 16.9 Å². The summed E-state index contributed by atoms with van der Waals surface area (Å²) in [6, 6.07) is 10.9. The molecule has 0 aromatic heterocycles. The van der Waals surface area contributed by atoms with Gasteiger partial charge in [0, 0.05) is 18.2 Å². The van der Waals surface area contributed by atoms with E-state index in [0.29, 0.717) is 36.9 Å². The van der Waals surface area contributed by atoms with Crippen LogP contribution in [0.4, 0.5) is 0 Å². The largest absolute Gasteiger partial charge is 0.496 e. The summed E-state index contributed by atoms with van der Waals surface area (Å²) in [5.41, 5.74) is 2.39. The third-order valence-corrected chi connectivity index (χ3v) is 3.86. The summed E-state index contributed by atoms with van der Waals surface area (Å²) < 4.78 is 21.5. The summed E-state index contributed by atoms with van der Waals surface area (Å²) >= 11 is 0. The minimum atomic E-state index is -0.0962. The number of hydrogen-bond acceptors (Lipinski definition) is 5. The SMILES string of the molecule is COCc1cc(/C=C/C(=O)c2ccc3c(c2)OCCO3)ccc1OC. The summed E-state index contributed by atoms with van der Waals surface area (Å²) in [7, 11) is 3.25. The molecule has 25 heavy (non-hydrogen) atoms. The summed E-state index contributed by atoms with van der Waals surface area (Å²) in [6.45, 7) is 1.47. The quantitative estimate of drug-likeness (QED) is 0.595. The average Bonchev–Trinajstić information content (AvgIpc) is 2.66. The Hall–Kier alpha value is -2.79. The maximum absolute atomic E-state index is 12.4. The minimum Gasteiger partial charge on any atom is -0.496 e. The second kappa shape index (κ2) is 7.85. The highest BCUT2D eigenvalue weighted by atomic mass is 16.6. The van der Waals surface area contributed by atoms with Crippen LogP contribution in [0, 0.1) is 0 Å². The van der Waals surface area contributed by atoms with Crippen molar-refractivity contribution in [3.8, 4) is 17.2 Å². The maximum Gasteiger partial charge on any atom is 0.185 e. The van der Waals surface area contributed by atoms with Crippen molar-refractivity contribution in [2.24, 2.45) is 0 Å². The van der Waals surface area contributed by atoms with E-state index in [1.165, 1.54) is 0 Å². The molecule has 1 heterocycles. The molecule has 5 heteroatoms. The van der Waals surface area contributed by atoms with E-state index in [9.17, 15) is 4.79 Å². The van der Waals surface area contributed by atoms with E-state index in [2.05, 4.69) is 0 Å². The summed E-state index contributed by atoms with van der Waals surface area (Å²) in [6.07, 6.45) is 3.32. The van der Waals surface area contributed by atoms with Crippen LogP contribution in [0.15, 0.2) is 42.5 Å². The lowest BCUT2D eigenvalue weighted by Crippen LogP contribution is -2.15. The highest BCUT2D eigenvalue weighted by molar-refractivity contribution is 6.07. The molecule has 3 rings (SSSR count). The highest BCUT2D eigenvalue weighted by Gasteiger charge is 2.13. The molecule has 0 amide bonds. The summed E-state index contributed by atoms with van der Waals surface area (Å²) in [5, 5.41) is 0. The molecule has 0 bridgehead atoms. The van der Waals surface area contributed by atoms with E-state index in [-0.39, 0.29) is 5.78 Å². The molecule has 0 aliphatic carbocycles. The van der Waals surface area contributed by atoms with Crippen LogP contribution in [0.25, 0.3) is 6.08 Å². The third-order valence-electron chi connectivity index (χ3n) is 3.86. The highest BCUT2D eigenvalue weighted by Crippen LogP contribution is 2.31. The number of carbonyl (C=O) groups is 1. The lowest BCUT2D eigenvalue weighted by molar-refractivity contribution is 0.104. The van der Waals surface area contributed by atoms with Crippen molar-refractivity contribution in [2.75, 3.05) is 27.4 Å². The predicted octanol–water partition coefficient (Wildman–Crippen LogP) is 3.51. The summed E-state index contributed by atoms with van der Waals surface area (Å²) in [4.78, 5) is 12.4. The Bertz CT molecular complexity index is 795. The number of fused-ring (bicyclic) bond motifs is 1.